The van der Waals surface area contributed by atoms with Gasteiger partial charge in [0.25, 0.3) is 0 Å². The van der Waals surface area contributed by atoms with Crippen LogP contribution in [-0.4, -0.2) is 11.7 Å². The summed E-state index contributed by atoms with van der Waals surface area (Å²) in [4.78, 5) is 0. The maximum absolute atomic E-state index is 13.6. The third-order valence-electron chi connectivity index (χ3n) is 3.68. The van der Waals surface area contributed by atoms with Crippen LogP contribution in [0.4, 0.5) is 14.5 Å². The van der Waals surface area contributed by atoms with E-state index < -0.39 is 11.6 Å². The van der Waals surface area contributed by atoms with Crippen LogP contribution in [0.3, 0.4) is 0 Å². The summed E-state index contributed by atoms with van der Waals surface area (Å²) in [5.41, 5.74) is 1.45. The fourth-order valence-corrected chi connectivity index (χ4v) is 2.50. The molecule has 0 radical (unpaired) electrons. The molecular weight excluding hydrogens is 314 g/mol. The van der Waals surface area contributed by atoms with Crippen molar-refractivity contribution in [2.24, 2.45) is 5.92 Å². The monoisotopic (exact) mass is 334 g/mol. The summed E-state index contributed by atoms with van der Waals surface area (Å²) >= 11 is 5.18. The van der Waals surface area contributed by atoms with Gasteiger partial charge in [0.1, 0.15) is 11.6 Å². The van der Waals surface area contributed by atoms with Crippen molar-refractivity contribution in [2.75, 3.05) is 11.9 Å². The molecule has 2 rings (SSSR count). The van der Waals surface area contributed by atoms with E-state index in [4.69, 9.17) is 12.2 Å². The molecule has 0 saturated carbocycles. The predicted octanol–water partition coefficient (Wildman–Crippen LogP) is 4.52. The van der Waals surface area contributed by atoms with Gasteiger partial charge in [-0.15, -0.1) is 0 Å². The quantitative estimate of drug-likeness (QED) is 0.760. The van der Waals surface area contributed by atoms with Gasteiger partial charge in [0.2, 0.25) is 0 Å². The van der Waals surface area contributed by atoms with Gasteiger partial charge in [-0.2, -0.15) is 0 Å². The van der Waals surface area contributed by atoms with Crippen molar-refractivity contribution in [2.45, 2.75) is 19.8 Å². The van der Waals surface area contributed by atoms with Crippen molar-refractivity contribution in [3.63, 3.8) is 0 Å². The Bertz CT molecular complexity index is 647. The van der Waals surface area contributed by atoms with Crippen molar-refractivity contribution < 1.29 is 8.78 Å². The lowest BCUT2D eigenvalue weighted by Crippen LogP contribution is -2.33. The largest absolute Gasteiger partial charge is 0.362 e. The Morgan fingerprint density at radius 2 is 1.87 bits per heavy atom. The van der Waals surface area contributed by atoms with Gasteiger partial charge in [-0.05, 0) is 42.3 Å². The average molecular weight is 334 g/mol. The smallest absolute Gasteiger partial charge is 0.170 e. The number of benzene rings is 2. The van der Waals surface area contributed by atoms with E-state index in [-0.39, 0.29) is 5.69 Å². The fourth-order valence-electron chi connectivity index (χ4n) is 2.30. The fraction of sp³-hybridized carbons (Fsp3) is 0.278. The standard InChI is InChI=1S/C18H20F2N2S/c1-2-13(10-14-6-4-3-5-7-14)12-21-18(23)22-17-9-8-15(19)11-16(17)20/h3-9,11,13H,2,10,12H2,1H3,(H2,21,22,23)/t13-/m0/s1. The number of anilines is 1. The molecule has 0 heterocycles. The number of thiocarbonyl (C=S) groups is 1. The third kappa shape index (κ3) is 5.60. The van der Waals surface area contributed by atoms with Crippen molar-refractivity contribution in [3.05, 3.63) is 65.7 Å². The topological polar surface area (TPSA) is 24.1 Å². The van der Waals surface area contributed by atoms with Crippen LogP contribution in [0.2, 0.25) is 0 Å². The Balaban J connectivity index is 1.84. The summed E-state index contributed by atoms with van der Waals surface area (Å²) in [6, 6.07) is 13.6. The summed E-state index contributed by atoms with van der Waals surface area (Å²) in [7, 11) is 0. The van der Waals surface area contributed by atoms with Crippen molar-refractivity contribution in [3.8, 4) is 0 Å². The van der Waals surface area contributed by atoms with Gasteiger partial charge in [0, 0.05) is 12.6 Å². The van der Waals surface area contributed by atoms with Crippen molar-refractivity contribution in [1.82, 2.24) is 5.32 Å². The second-order valence-electron chi connectivity index (χ2n) is 5.42. The Kier molecular flexibility index (Phi) is 6.47. The van der Waals surface area contributed by atoms with Crippen LogP contribution in [0.15, 0.2) is 48.5 Å². The van der Waals surface area contributed by atoms with Crippen LogP contribution < -0.4 is 10.6 Å². The molecule has 122 valence electrons. The molecule has 0 aliphatic heterocycles. The molecule has 1 atom stereocenters. The van der Waals surface area contributed by atoms with E-state index in [1.807, 2.05) is 18.2 Å². The van der Waals surface area contributed by atoms with E-state index in [0.717, 1.165) is 18.9 Å². The molecule has 5 heteroatoms. The molecule has 0 spiro atoms. The summed E-state index contributed by atoms with van der Waals surface area (Å²) < 4.78 is 26.4. The van der Waals surface area contributed by atoms with E-state index in [9.17, 15) is 8.78 Å². The minimum atomic E-state index is -0.662. The first kappa shape index (κ1) is 17.3. The van der Waals surface area contributed by atoms with Gasteiger partial charge >= 0.3 is 0 Å². The van der Waals surface area contributed by atoms with Crippen LogP contribution in [0.1, 0.15) is 18.9 Å². The molecule has 2 aromatic carbocycles. The highest BCUT2D eigenvalue weighted by atomic mass is 32.1. The Morgan fingerprint density at radius 1 is 1.13 bits per heavy atom. The molecule has 0 fully saturated rings. The highest BCUT2D eigenvalue weighted by molar-refractivity contribution is 7.80. The van der Waals surface area contributed by atoms with Gasteiger partial charge in [0.15, 0.2) is 5.11 Å². The normalized spacial score (nSPS) is 11.8. The summed E-state index contributed by atoms with van der Waals surface area (Å²) in [6.07, 6.45) is 1.97. The first-order chi connectivity index (χ1) is 11.1. The number of halogens is 2. The molecule has 0 amide bonds. The number of rotatable bonds is 6. The maximum atomic E-state index is 13.6. The Morgan fingerprint density at radius 3 is 2.52 bits per heavy atom. The zero-order valence-corrected chi connectivity index (χ0v) is 13.8. The second kappa shape index (κ2) is 8.58. The highest BCUT2D eigenvalue weighted by Crippen LogP contribution is 2.15. The van der Waals surface area contributed by atoms with Crippen molar-refractivity contribution >= 4 is 23.0 Å². The van der Waals surface area contributed by atoms with Crippen LogP contribution in [-0.2, 0) is 6.42 Å². The van der Waals surface area contributed by atoms with Gasteiger partial charge in [-0.1, -0.05) is 43.7 Å². The molecule has 0 bridgehead atoms. The Labute approximate surface area is 140 Å². The zero-order chi connectivity index (χ0) is 16.7. The van der Waals surface area contributed by atoms with Gasteiger partial charge in [-0.25, -0.2) is 8.78 Å². The van der Waals surface area contributed by atoms with Crippen LogP contribution in [0.5, 0.6) is 0 Å². The SMILES string of the molecule is CC[C@H](CNC(=S)Nc1ccc(F)cc1F)Cc1ccccc1. The molecule has 0 saturated heterocycles. The van der Waals surface area contributed by atoms with E-state index >= 15 is 0 Å². The molecule has 2 N–H and O–H groups in total. The molecule has 2 aromatic rings. The van der Waals surface area contributed by atoms with E-state index in [1.165, 1.54) is 17.7 Å². The highest BCUT2D eigenvalue weighted by Gasteiger charge is 2.10. The molecule has 0 aliphatic rings. The molecule has 0 aromatic heterocycles. The third-order valence-corrected chi connectivity index (χ3v) is 3.92. The molecule has 0 aliphatic carbocycles. The second-order valence-corrected chi connectivity index (χ2v) is 5.83. The van der Waals surface area contributed by atoms with Crippen LogP contribution in [0.25, 0.3) is 0 Å². The van der Waals surface area contributed by atoms with E-state index in [2.05, 4.69) is 29.7 Å². The van der Waals surface area contributed by atoms with Crippen LogP contribution in [0, 0.1) is 17.6 Å². The number of nitrogens with one attached hydrogen (secondary N) is 2. The summed E-state index contributed by atoms with van der Waals surface area (Å²) in [5.74, 6) is -0.846. The minimum Gasteiger partial charge on any atom is -0.362 e. The van der Waals surface area contributed by atoms with Crippen molar-refractivity contribution in [1.29, 1.82) is 0 Å². The van der Waals surface area contributed by atoms with Gasteiger partial charge in [-0.3, -0.25) is 0 Å². The van der Waals surface area contributed by atoms with E-state index in [1.54, 1.807) is 0 Å². The molecular formula is C18H20F2N2S. The lowest BCUT2D eigenvalue weighted by Gasteiger charge is -2.18. The number of hydrogen-bond donors (Lipinski definition) is 2. The zero-order valence-electron chi connectivity index (χ0n) is 13.0. The van der Waals surface area contributed by atoms with Crippen LogP contribution >= 0.6 is 12.2 Å². The maximum Gasteiger partial charge on any atom is 0.170 e. The van der Waals surface area contributed by atoms with Gasteiger partial charge in [0.05, 0.1) is 5.69 Å². The lowest BCUT2D eigenvalue weighted by molar-refractivity contribution is 0.498. The molecule has 0 unspecified atom stereocenters. The summed E-state index contributed by atoms with van der Waals surface area (Å²) in [5, 5.41) is 6.20. The molecule has 23 heavy (non-hydrogen) atoms. The van der Waals surface area contributed by atoms with Gasteiger partial charge < -0.3 is 10.6 Å². The van der Waals surface area contributed by atoms with E-state index in [0.29, 0.717) is 17.6 Å². The Hall–Kier alpha value is -2.01. The summed E-state index contributed by atoms with van der Waals surface area (Å²) in [6.45, 7) is 2.82. The number of hydrogen-bond acceptors (Lipinski definition) is 1. The predicted molar refractivity (Wildman–Crippen MR) is 94.5 cm³/mol. The average Bonchev–Trinajstić information content (AvgIpc) is 2.55. The minimum absolute atomic E-state index is 0.167. The first-order valence-corrected chi connectivity index (χ1v) is 8.03. The lowest BCUT2D eigenvalue weighted by atomic mass is 9.97. The first-order valence-electron chi connectivity index (χ1n) is 7.62. The molecule has 2 nitrogen and oxygen atoms in total.